The molecule has 0 aromatic heterocycles. The molecule has 2 aromatic carbocycles. The molecule has 30 heavy (non-hydrogen) atoms. The number of likely N-dealkylation sites (tertiary alicyclic amines) is 1. The topological polar surface area (TPSA) is 85.3 Å². The minimum Gasteiger partial charge on any atom is -0.507 e. The number of rotatable bonds is 7. The van der Waals surface area contributed by atoms with Gasteiger partial charge in [-0.2, -0.15) is 0 Å². The summed E-state index contributed by atoms with van der Waals surface area (Å²) in [4.78, 5) is 27.2. The summed E-state index contributed by atoms with van der Waals surface area (Å²) in [5.41, 5.74) is 1.00. The summed E-state index contributed by atoms with van der Waals surface area (Å²) in [5.74, 6) is -0.250. The molecule has 1 unspecified atom stereocenters. The Balaban J connectivity index is 2.24. The highest BCUT2D eigenvalue weighted by molar-refractivity contribution is 6.46. The molecule has 7 nitrogen and oxygen atoms in total. The molecule has 0 aliphatic carbocycles. The van der Waals surface area contributed by atoms with Gasteiger partial charge in [0, 0.05) is 6.54 Å². The minimum atomic E-state index is -0.755. The van der Waals surface area contributed by atoms with Crippen LogP contribution in [0.5, 0.6) is 17.2 Å². The zero-order chi connectivity index (χ0) is 21.8. The van der Waals surface area contributed by atoms with E-state index in [1.807, 2.05) is 6.92 Å². The Labute approximate surface area is 175 Å². The van der Waals surface area contributed by atoms with Crippen molar-refractivity contribution in [3.05, 3.63) is 59.2 Å². The van der Waals surface area contributed by atoms with Gasteiger partial charge in [0.15, 0.2) is 11.5 Å². The highest BCUT2D eigenvalue weighted by Crippen LogP contribution is 2.42. The van der Waals surface area contributed by atoms with Gasteiger partial charge in [-0.25, -0.2) is 0 Å². The molecule has 0 bridgehead atoms. The fourth-order valence-corrected chi connectivity index (χ4v) is 3.71. The molecule has 1 saturated heterocycles. The molecule has 158 valence electrons. The number of Topliss-reactive ketones (excluding diaryl/α,β-unsaturated/α-hetero) is 1. The fourth-order valence-electron chi connectivity index (χ4n) is 3.71. The molecule has 3 rings (SSSR count). The van der Waals surface area contributed by atoms with E-state index < -0.39 is 17.7 Å². The number of amides is 1. The Morgan fingerprint density at radius 2 is 1.63 bits per heavy atom. The summed E-state index contributed by atoms with van der Waals surface area (Å²) in [6.07, 6.45) is 0.658. The average molecular weight is 411 g/mol. The van der Waals surface area contributed by atoms with Gasteiger partial charge in [0.05, 0.1) is 38.5 Å². The molecule has 1 aliphatic heterocycles. The molecule has 1 heterocycles. The average Bonchev–Trinajstić information content (AvgIpc) is 3.03. The van der Waals surface area contributed by atoms with E-state index >= 15 is 0 Å². The van der Waals surface area contributed by atoms with Gasteiger partial charge in [0.2, 0.25) is 0 Å². The second-order valence-corrected chi connectivity index (χ2v) is 6.81. The first-order valence-electron chi connectivity index (χ1n) is 9.62. The number of benzene rings is 2. The molecule has 0 radical (unpaired) electrons. The highest BCUT2D eigenvalue weighted by Gasteiger charge is 2.46. The molecule has 1 N–H and O–H groups in total. The SMILES string of the molecule is CCCN1C(=O)C(=O)/C(=C(\O)c2ccccc2OC)C1c1ccc(OC)c(OC)c1. The van der Waals surface area contributed by atoms with E-state index in [4.69, 9.17) is 14.2 Å². The van der Waals surface area contributed by atoms with Crippen molar-refractivity contribution >= 4 is 17.4 Å². The van der Waals surface area contributed by atoms with Crippen LogP contribution in [0.4, 0.5) is 0 Å². The number of para-hydroxylation sites is 1. The third-order valence-corrected chi connectivity index (χ3v) is 5.09. The first kappa shape index (κ1) is 21.2. The van der Waals surface area contributed by atoms with E-state index in [0.29, 0.717) is 41.3 Å². The van der Waals surface area contributed by atoms with Crippen molar-refractivity contribution in [2.75, 3.05) is 27.9 Å². The summed E-state index contributed by atoms with van der Waals surface area (Å²) >= 11 is 0. The maximum absolute atomic E-state index is 13.0. The fraction of sp³-hybridized carbons (Fsp3) is 0.304. The number of aliphatic hydroxyl groups excluding tert-OH is 1. The van der Waals surface area contributed by atoms with E-state index in [9.17, 15) is 14.7 Å². The Hall–Kier alpha value is -3.48. The third kappa shape index (κ3) is 3.58. The van der Waals surface area contributed by atoms with Crippen LogP contribution in [0.1, 0.15) is 30.5 Å². The predicted molar refractivity (Wildman–Crippen MR) is 112 cm³/mol. The number of nitrogens with zero attached hydrogens (tertiary/aromatic N) is 1. The monoisotopic (exact) mass is 411 g/mol. The van der Waals surface area contributed by atoms with Crippen LogP contribution in [0.2, 0.25) is 0 Å². The Bertz CT molecular complexity index is 997. The van der Waals surface area contributed by atoms with Crippen molar-refractivity contribution < 1.29 is 28.9 Å². The van der Waals surface area contributed by atoms with Crippen molar-refractivity contribution in [3.63, 3.8) is 0 Å². The van der Waals surface area contributed by atoms with Crippen molar-refractivity contribution in [1.82, 2.24) is 4.90 Å². The van der Waals surface area contributed by atoms with Gasteiger partial charge < -0.3 is 24.2 Å². The van der Waals surface area contributed by atoms with E-state index in [-0.39, 0.29) is 11.3 Å². The summed E-state index contributed by atoms with van der Waals surface area (Å²) in [6.45, 7) is 2.29. The van der Waals surface area contributed by atoms with Crippen molar-refractivity contribution in [1.29, 1.82) is 0 Å². The van der Waals surface area contributed by atoms with Gasteiger partial charge in [-0.3, -0.25) is 9.59 Å². The first-order chi connectivity index (χ1) is 14.5. The van der Waals surface area contributed by atoms with Gasteiger partial charge in [-0.15, -0.1) is 0 Å². The Morgan fingerprint density at radius 1 is 0.967 bits per heavy atom. The Morgan fingerprint density at radius 3 is 2.27 bits per heavy atom. The summed E-state index contributed by atoms with van der Waals surface area (Å²) in [6, 6.07) is 11.2. The van der Waals surface area contributed by atoms with Crippen LogP contribution in [0.25, 0.3) is 5.76 Å². The molecule has 1 fully saturated rings. The van der Waals surface area contributed by atoms with E-state index in [0.717, 1.165) is 0 Å². The number of aliphatic hydroxyl groups is 1. The number of carbonyl (C=O) groups excluding carboxylic acids is 2. The molecular weight excluding hydrogens is 386 g/mol. The number of hydrogen-bond donors (Lipinski definition) is 1. The van der Waals surface area contributed by atoms with Crippen LogP contribution in [0.15, 0.2) is 48.0 Å². The van der Waals surface area contributed by atoms with Gasteiger partial charge in [0.25, 0.3) is 11.7 Å². The summed E-state index contributed by atoms with van der Waals surface area (Å²) in [7, 11) is 4.52. The quantitative estimate of drug-likeness (QED) is 0.426. The second kappa shape index (κ2) is 8.90. The van der Waals surface area contributed by atoms with Crippen LogP contribution in [-0.4, -0.2) is 49.6 Å². The highest BCUT2D eigenvalue weighted by atomic mass is 16.5. The van der Waals surface area contributed by atoms with Crippen LogP contribution in [0.3, 0.4) is 0 Å². The summed E-state index contributed by atoms with van der Waals surface area (Å²) < 4.78 is 16.0. The molecule has 1 amide bonds. The van der Waals surface area contributed by atoms with E-state index in [1.165, 1.54) is 26.2 Å². The van der Waals surface area contributed by atoms with Crippen LogP contribution >= 0.6 is 0 Å². The number of ether oxygens (including phenoxy) is 3. The second-order valence-electron chi connectivity index (χ2n) is 6.81. The third-order valence-electron chi connectivity index (χ3n) is 5.09. The number of carbonyl (C=O) groups is 2. The largest absolute Gasteiger partial charge is 0.507 e. The van der Waals surface area contributed by atoms with E-state index in [2.05, 4.69) is 0 Å². The van der Waals surface area contributed by atoms with E-state index in [1.54, 1.807) is 42.5 Å². The van der Waals surface area contributed by atoms with Crippen LogP contribution in [0, 0.1) is 0 Å². The summed E-state index contributed by atoms with van der Waals surface area (Å²) in [5, 5.41) is 11.1. The molecule has 2 aromatic rings. The lowest BCUT2D eigenvalue weighted by Crippen LogP contribution is -2.30. The lowest BCUT2D eigenvalue weighted by atomic mass is 9.94. The minimum absolute atomic E-state index is 0.0187. The smallest absolute Gasteiger partial charge is 0.295 e. The zero-order valence-electron chi connectivity index (χ0n) is 17.5. The normalized spacial score (nSPS) is 17.9. The molecule has 1 atom stereocenters. The maximum atomic E-state index is 13.0. The van der Waals surface area contributed by atoms with Crippen molar-refractivity contribution in [2.24, 2.45) is 0 Å². The first-order valence-corrected chi connectivity index (χ1v) is 9.62. The molecule has 7 heteroatoms. The standard InChI is InChI=1S/C23H25NO6/c1-5-12-24-20(14-10-11-17(29-3)18(13-14)30-4)19(22(26)23(24)27)21(25)15-8-6-7-9-16(15)28-2/h6-11,13,20,25H,5,12H2,1-4H3/b21-19-. The Kier molecular flexibility index (Phi) is 6.30. The predicted octanol–water partition coefficient (Wildman–Crippen LogP) is 3.54. The van der Waals surface area contributed by atoms with Crippen LogP contribution < -0.4 is 14.2 Å². The number of hydrogen-bond acceptors (Lipinski definition) is 6. The molecular formula is C23H25NO6. The zero-order valence-corrected chi connectivity index (χ0v) is 17.5. The van der Waals surface area contributed by atoms with Crippen LogP contribution in [-0.2, 0) is 9.59 Å². The van der Waals surface area contributed by atoms with Gasteiger partial charge in [-0.1, -0.05) is 25.1 Å². The lowest BCUT2D eigenvalue weighted by Gasteiger charge is -2.25. The lowest BCUT2D eigenvalue weighted by molar-refractivity contribution is -0.139. The van der Waals surface area contributed by atoms with Gasteiger partial charge in [0.1, 0.15) is 11.5 Å². The van der Waals surface area contributed by atoms with Gasteiger partial charge in [-0.05, 0) is 36.2 Å². The number of ketones is 1. The van der Waals surface area contributed by atoms with Crippen molar-refractivity contribution in [2.45, 2.75) is 19.4 Å². The van der Waals surface area contributed by atoms with Crippen molar-refractivity contribution in [3.8, 4) is 17.2 Å². The number of methoxy groups -OCH3 is 3. The maximum Gasteiger partial charge on any atom is 0.295 e. The molecule has 1 aliphatic rings. The van der Waals surface area contributed by atoms with Gasteiger partial charge >= 0.3 is 0 Å². The molecule has 0 saturated carbocycles. The molecule has 0 spiro atoms.